The maximum absolute atomic E-state index is 8.95. The van der Waals surface area contributed by atoms with Gasteiger partial charge in [-0.25, -0.2) is 9.97 Å². The minimum atomic E-state index is 0.138. The fourth-order valence-corrected chi connectivity index (χ4v) is 2.90. The van der Waals surface area contributed by atoms with Crippen LogP contribution in [0.4, 0.5) is 5.82 Å². The Morgan fingerprint density at radius 3 is 3.06 bits per heavy atom. The largest absolute Gasteiger partial charge is 0.396 e. The Morgan fingerprint density at radius 1 is 1.56 bits per heavy atom. The van der Waals surface area contributed by atoms with Gasteiger partial charge < -0.3 is 10.0 Å². The van der Waals surface area contributed by atoms with Crippen LogP contribution in [0.25, 0.3) is 0 Å². The van der Waals surface area contributed by atoms with Crippen LogP contribution in [-0.4, -0.2) is 46.1 Å². The van der Waals surface area contributed by atoms with Crippen molar-refractivity contribution in [3.63, 3.8) is 0 Å². The summed E-state index contributed by atoms with van der Waals surface area (Å²) < 4.78 is 0. The van der Waals surface area contributed by atoms with Gasteiger partial charge in [0, 0.05) is 37.1 Å². The van der Waals surface area contributed by atoms with E-state index >= 15 is 0 Å². The van der Waals surface area contributed by atoms with Gasteiger partial charge in [0.25, 0.3) is 0 Å². The lowest BCUT2D eigenvalue weighted by Gasteiger charge is -2.16. The third kappa shape index (κ3) is 2.81. The molecule has 16 heavy (non-hydrogen) atoms. The van der Waals surface area contributed by atoms with Gasteiger partial charge in [-0.2, -0.15) is 0 Å². The average Bonchev–Trinajstić information content (AvgIpc) is 2.82. The lowest BCUT2D eigenvalue weighted by molar-refractivity contribution is 0.298. The molecule has 1 aliphatic rings. The predicted octanol–water partition coefficient (Wildman–Crippen LogP) is 1.24. The minimum absolute atomic E-state index is 0.138. The summed E-state index contributed by atoms with van der Waals surface area (Å²) in [4.78, 5) is 11.1. The normalized spacial score (nSPS) is 15.8. The van der Waals surface area contributed by atoms with Crippen molar-refractivity contribution in [1.82, 2.24) is 9.97 Å². The van der Waals surface area contributed by atoms with Gasteiger partial charge in [-0.1, -0.05) is 11.8 Å². The van der Waals surface area contributed by atoms with Gasteiger partial charge in [-0.3, -0.25) is 0 Å². The highest BCUT2D eigenvalue weighted by molar-refractivity contribution is 7.99. The van der Waals surface area contributed by atoms with Gasteiger partial charge in [-0.15, -0.1) is 11.8 Å². The van der Waals surface area contributed by atoms with Crippen LogP contribution in [0.5, 0.6) is 0 Å². The molecular weight excluding hydrogens is 242 g/mol. The molecule has 1 aliphatic heterocycles. The molecule has 0 radical (unpaired) electrons. The van der Waals surface area contributed by atoms with Crippen LogP contribution < -0.4 is 4.90 Å². The molecule has 88 valence electrons. The molecule has 0 saturated carbocycles. The molecule has 0 unspecified atom stereocenters. The smallest absolute Gasteiger partial charge is 0.189 e. The Balaban J connectivity index is 2.24. The van der Waals surface area contributed by atoms with Gasteiger partial charge in [0.15, 0.2) is 5.16 Å². The van der Waals surface area contributed by atoms with Crippen molar-refractivity contribution in [3.8, 4) is 0 Å². The first-order valence-electron chi connectivity index (χ1n) is 5.19. The monoisotopic (exact) mass is 257 g/mol. The molecule has 6 heteroatoms. The van der Waals surface area contributed by atoms with Crippen molar-refractivity contribution >= 4 is 29.3 Å². The molecule has 1 N–H and O–H groups in total. The molecule has 0 bridgehead atoms. The van der Waals surface area contributed by atoms with Crippen molar-refractivity contribution in [2.24, 2.45) is 0 Å². The maximum atomic E-state index is 8.95. The van der Waals surface area contributed by atoms with E-state index in [1.807, 2.05) is 24.1 Å². The number of hydrogen-bond acceptors (Lipinski definition) is 6. The summed E-state index contributed by atoms with van der Waals surface area (Å²) in [5.41, 5.74) is 0.925. The summed E-state index contributed by atoms with van der Waals surface area (Å²) in [6.45, 7) is 1.19. The first-order chi connectivity index (χ1) is 7.83. The van der Waals surface area contributed by atoms with Crippen LogP contribution in [0.1, 0.15) is 5.69 Å². The van der Waals surface area contributed by atoms with Crippen molar-refractivity contribution < 1.29 is 5.11 Å². The third-order valence-corrected chi connectivity index (χ3v) is 3.89. The minimum Gasteiger partial charge on any atom is -0.396 e. The first kappa shape index (κ1) is 12.0. The van der Waals surface area contributed by atoms with Gasteiger partial charge in [0.1, 0.15) is 5.82 Å². The molecule has 0 atom stereocenters. The fraction of sp³-hybridized carbons (Fsp3) is 0.600. The number of aliphatic hydroxyl groups is 1. The van der Waals surface area contributed by atoms with Gasteiger partial charge in [0.2, 0.25) is 0 Å². The standard InChI is InChI=1S/C10H15N3OS2/c1-15-10-11-8(2-4-14)6-9(12-10)13-3-5-16-7-13/h6,14H,2-5,7H2,1H3. The highest BCUT2D eigenvalue weighted by Gasteiger charge is 2.15. The predicted molar refractivity (Wildman–Crippen MR) is 69.3 cm³/mol. The Kier molecular flexibility index (Phi) is 4.31. The van der Waals surface area contributed by atoms with E-state index < -0.39 is 0 Å². The van der Waals surface area contributed by atoms with E-state index in [1.54, 1.807) is 11.8 Å². The van der Waals surface area contributed by atoms with Crippen molar-refractivity contribution in [1.29, 1.82) is 0 Å². The summed E-state index contributed by atoms with van der Waals surface area (Å²) in [7, 11) is 0. The molecule has 0 spiro atoms. The zero-order chi connectivity index (χ0) is 11.4. The van der Waals surface area contributed by atoms with E-state index in [9.17, 15) is 0 Å². The number of aliphatic hydroxyl groups excluding tert-OH is 1. The van der Waals surface area contributed by atoms with Crippen LogP contribution in [0, 0.1) is 0 Å². The van der Waals surface area contributed by atoms with E-state index in [4.69, 9.17) is 5.11 Å². The van der Waals surface area contributed by atoms with Gasteiger partial charge in [0.05, 0.1) is 5.88 Å². The average molecular weight is 257 g/mol. The highest BCUT2D eigenvalue weighted by Crippen LogP contribution is 2.23. The second kappa shape index (κ2) is 5.75. The molecular formula is C10H15N3OS2. The molecule has 4 nitrogen and oxygen atoms in total. The first-order valence-corrected chi connectivity index (χ1v) is 7.57. The van der Waals surface area contributed by atoms with E-state index in [0.717, 1.165) is 34.8 Å². The van der Waals surface area contributed by atoms with Crippen LogP contribution in [0.15, 0.2) is 11.2 Å². The molecule has 2 rings (SSSR count). The number of nitrogens with zero attached hydrogens (tertiary/aromatic N) is 3. The summed E-state index contributed by atoms with van der Waals surface area (Å²) in [6, 6.07) is 1.99. The molecule has 1 aromatic rings. The molecule has 0 aliphatic carbocycles. The van der Waals surface area contributed by atoms with E-state index in [0.29, 0.717) is 6.42 Å². The molecule has 1 fully saturated rings. The summed E-state index contributed by atoms with van der Waals surface area (Å²) in [5.74, 6) is 3.16. The Bertz CT molecular complexity index is 356. The number of aromatic nitrogens is 2. The van der Waals surface area contributed by atoms with Gasteiger partial charge in [-0.05, 0) is 6.26 Å². The van der Waals surface area contributed by atoms with Crippen molar-refractivity contribution in [2.75, 3.05) is 35.9 Å². The molecule has 2 heterocycles. The molecule has 1 saturated heterocycles. The van der Waals surface area contributed by atoms with Crippen LogP contribution in [0.2, 0.25) is 0 Å². The Hall–Kier alpha value is -0.460. The van der Waals surface area contributed by atoms with Gasteiger partial charge >= 0.3 is 0 Å². The summed E-state index contributed by atoms with van der Waals surface area (Å²) >= 11 is 3.46. The quantitative estimate of drug-likeness (QED) is 0.647. The van der Waals surface area contributed by atoms with Crippen LogP contribution >= 0.6 is 23.5 Å². The lowest BCUT2D eigenvalue weighted by atomic mass is 10.3. The highest BCUT2D eigenvalue weighted by atomic mass is 32.2. The molecule has 1 aromatic heterocycles. The number of hydrogen-bond donors (Lipinski definition) is 1. The topological polar surface area (TPSA) is 49.3 Å². The molecule has 0 amide bonds. The number of thioether (sulfide) groups is 2. The van der Waals surface area contributed by atoms with E-state index in [2.05, 4.69) is 14.9 Å². The number of anilines is 1. The Morgan fingerprint density at radius 2 is 2.44 bits per heavy atom. The Labute approximate surface area is 104 Å². The van der Waals surface area contributed by atoms with Crippen molar-refractivity contribution in [3.05, 3.63) is 11.8 Å². The second-order valence-electron chi connectivity index (χ2n) is 3.48. The van der Waals surface area contributed by atoms with Crippen LogP contribution in [-0.2, 0) is 6.42 Å². The summed E-state index contributed by atoms with van der Waals surface area (Å²) in [6.07, 6.45) is 2.57. The third-order valence-electron chi connectivity index (χ3n) is 2.37. The van der Waals surface area contributed by atoms with Crippen LogP contribution in [0.3, 0.4) is 0 Å². The van der Waals surface area contributed by atoms with E-state index in [1.165, 1.54) is 0 Å². The number of rotatable bonds is 4. The van der Waals surface area contributed by atoms with Crippen molar-refractivity contribution in [2.45, 2.75) is 11.6 Å². The zero-order valence-electron chi connectivity index (χ0n) is 9.22. The zero-order valence-corrected chi connectivity index (χ0v) is 10.9. The fourth-order valence-electron chi connectivity index (χ4n) is 1.55. The maximum Gasteiger partial charge on any atom is 0.189 e. The lowest BCUT2D eigenvalue weighted by Crippen LogP contribution is -2.20. The van der Waals surface area contributed by atoms with E-state index in [-0.39, 0.29) is 6.61 Å². The summed E-state index contributed by atoms with van der Waals surface area (Å²) in [5, 5.41) is 9.74. The second-order valence-corrected chi connectivity index (χ2v) is 5.33. The molecule has 0 aromatic carbocycles. The SMILES string of the molecule is CSc1nc(CCO)cc(N2CCSC2)n1.